The largest absolute Gasteiger partial charge is 0.466 e. The zero-order chi connectivity index (χ0) is 24.9. The lowest BCUT2D eigenvalue weighted by Crippen LogP contribution is -2.29. The van der Waals surface area contributed by atoms with Crippen LogP contribution in [0.25, 0.3) is 0 Å². The second-order valence-electron chi connectivity index (χ2n) is 7.91. The van der Waals surface area contributed by atoms with Crippen molar-refractivity contribution in [3.63, 3.8) is 0 Å². The van der Waals surface area contributed by atoms with Crippen LogP contribution in [0.4, 0.5) is 5.69 Å². The predicted molar refractivity (Wildman–Crippen MR) is 126 cm³/mol. The Bertz CT molecular complexity index is 1080. The van der Waals surface area contributed by atoms with Gasteiger partial charge in [-0.15, -0.1) is 0 Å². The second-order valence-corrected chi connectivity index (χ2v) is 9.90. The van der Waals surface area contributed by atoms with Gasteiger partial charge >= 0.3 is 13.6 Å². The van der Waals surface area contributed by atoms with E-state index in [1.807, 2.05) is 0 Å². The van der Waals surface area contributed by atoms with Crippen LogP contribution >= 0.6 is 7.60 Å². The minimum absolute atomic E-state index is 0.0534. The summed E-state index contributed by atoms with van der Waals surface area (Å²) in [5.74, 6) is -1.65. The molecule has 0 saturated carbocycles. The molecular formula is C23H29N2O7P. The van der Waals surface area contributed by atoms with Crippen molar-refractivity contribution in [1.29, 1.82) is 0 Å². The molecule has 1 aromatic rings. The van der Waals surface area contributed by atoms with Crippen molar-refractivity contribution in [2.24, 2.45) is 0 Å². The van der Waals surface area contributed by atoms with Crippen molar-refractivity contribution in [1.82, 2.24) is 5.32 Å². The monoisotopic (exact) mass is 476 g/mol. The van der Waals surface area contributed by atoms with Gasteiger partial charge in [-0.2, -0.15) is 0 Å². The number of hydrogen-bond donors (Lipinski definition) is 1. The van der Waals surface area contributed by atoms with Crippen LogP contribution in [0.5, 0.6) is 0 Å². The maximum atomic E-state index is 14.2. The molecule has 1 aliphatic rings. The van der Waals surface area contributed by atoms with E-state index < -0.39 is 24.4 Å². The number of carbonyl (C=O) groups excluding carboxylic acids is 1. The Kier molecular flexibility index (Phi) is 8.55. The standard InChI is InChI=1S/C23H29N2O7P/c1-14(2)12-31-33(29,32-13-15(3)4)22-17(6)24-16(5)20(23(26)30-7)21(22)18-9-8-10-19(11-18)25(27)28/h8-11,21,24H,1,3,12-13H2,2,4-7H3. The molecule has 0 aromatic heterocycles. The molecule has 1 aliphatic heterocycles. The number of allylic oxidation sites excluding steroid dienone is 3. The normalized spacial score (nSPS) is 16.3. The number of nitro benzene ring substituents is 1. The smallest absolute Gasteiger partial charge is 0.360 e. The molecule has 178 valence electrons. The fourth-order valence-electron chi connectivity index (χ4n) is 3.44. The van der Waals surface area contributed by atoms with E-state index in [4.69, 9.17) is 13.8 Å². The van der Waals surface area contributed by atoms with Crippen LogP contribution in [0.15, 0.2) is 70.9 Å². The van der Waals surface area contributed by atoms with E-state index in [1.54, 1.807) is 33.8 Å². The van der Waals surface area contributed by atoms with E-state index in [1.165, 1.54) is 25.3 Å². The molecule has 0 amide bonds. The highest BCUT2D eigenvalue weighted by Gasteiger charge is 2.45. The van der Waals surface area contributed by atoms with Gasteiger partial charge < -0.3 is 19.1 Å². The number of ether oxygens (including phenoxy) is 1. The molecule has 1 heterocycles. The summed E-state index contributed by atoms with van der Waals surface area (Å²) in [7, 11) is -2.82. The molecule has 0 aliphatic carbocycles. The summed E-state index contributed by atoms with van der Waals surface area (Å²) in [5, 5.41) is 14.6. The Morgan fingerprint density at radius 2 is 1.73 bits per heavy atom. The Balaban J connectivity index is 2.80. The number of nitro groups is 1. The van der Waals surface area contributed by atoms with Gasteiger partial charge in [0.25, 0.3) is 5.69 Å². The first-order chi connectivity index (χ1) is 15.4. The second kappa shape index (κ2) is 10.7. The van der Waals surface area contributed by atoms with Crippen LogP contribution in [-0.2, 0) is 23.1 Å². The van der Waals surface area contributed by atoms with Gasteiger partial charge in [0.2, 0.25) is 0 Å². The van der Waals surface area contributed by atoms with Crippen molar-refractivity contribution in [3.05, 3.63) is 86.5 Å². The lowest BCUT2D eigenvalue weighted by atomic mass is 9.86. The average Bonchev–Trinajstić information content (AvgIpc) is 2.75. The fraction of sp³-hybridized carbons (Fsp3) is 0.348. The highest BCUT2D eigenvalue weighted by atomic mass is 31.2. The van der Waals surface area contributed by atoms with Gasteiger partial charge in [-0.05, 0) is 33.3 Å². The van der Waals surface area contributed by atoms with Crippen LogP contribution in [0.2, 0.25) is 0 Å². The Labute approximate surface area is 193 Å². The highest BCUT2D eigenvalue weighted by Crippen LogP contribution is 2.64. The van der Waals surface area contributed by atoms with Gasteiger partial charge in [0.15, 0.2) is 0 Å². The number of non-ortho nitro benzene ring substituents is 1. The van der Waals surface area contributed by atoms with E-state index in [0.717, 1.165) is 0 Å². The molecule has 9 nitrogen and oxygen atoms in total. The number of dihydropyridines is 1. The van der Waals surface area contributed by atoms with Crippen molar-refractivity contribution in [2.75, 3.05) is 20.3 Å². The summed E-state index contributed by atoms with van der Waals surface area (Å²) < 4.78 is 30.7. The summed E-state index contributed by atoms with van der Waals surface area (Å²) in [6.45, 7) is 14.2. The molecule has 0 radical (unpaired) electrons. The van der Waals surface area contributed by atoms with Crippen LogP contribution < -0.4 is 5.32 Å². The van der Waals surface area contributed by atoms with Crippen molar-refractivity contribution < 1.29 is 28.1 Å². The number of benzene rings is 1. The van der Waals surface area contributed by atoms with Gasteiger partial charge in [-0.1, -0.05) is 36.4 Å². The number of nitrogens with one attached hydrogen (secondary N) is 1. The Morgan fingerprint density at radius 1 is 1.15 bits per heavy atom. The summed E-state index contributed by atoms with van der Waals surface area (Å²) in [6, 6.07) is 5.79. The van der Waals surface area contributed by atoms with Crippen molar-refractivity contribution in [2.45, 2.75) is 33.6 Å². The number of methoxy groups -OCH3 is 1. The fourth-order valence-corrected chi connectivity index (χ4v) is 5.63. The molecule has 10 heteroatoms. The number of nitrogens with zero attached hydrogens (tertiary/aromatic N) is 1. The lowest BCUT2D eigenvalue weighted by Gasteiger charge is -2.34. The van der Waals surface area contributed by atoms with Crippen LogP contribution in [0.1, 0.15) is 39.2 Å². The van der Waals surface area contributed by atoms with E-state index in [9.17, 15) is 19.5 Å². The molecule has 0 bridgehead atoms. The zero-order valence-corrected chi connectivity index (χ0v) is 20.4. The summed E-state index contributed by atoms with van der Waals surface area (Å²) in [5.41, 5.74) is 2.49. The van der Waals surface area contributed by atoms with Gasteiger partial charge in [-0.25, -0.2) is 4.79 Å². The molecule has 0 saturated heterocycles. The quantitative estimate of drug-likeness (QED) is 0.158. The minimum Gasteiger partial charge on any atom is -0.466 e. The van der Waals surface area contributed by atoms with Crippen LogP contribution in [0.3, 0.4) is 0 Å². The Hall–Kier alpha value is -3.00. The third-order valence-corrected chi connectivity index (χ3v) is 6.92. The van der Waals surface area contributed by atoms with Crippen LogP contribution in [-0.4, -0.2) is 31.2 Å². The SMILES string of the molecule is C=C(C)COP(=O)(OCC(=C)C)C1=C(C)NC(C)=C(C(=O)OC)C1c1cccc([N+](=O)[O-])c1. The maximum absolute atomic E-state index is 14.2. The third-order valence-electron chi connectivity index (χ3n) is 4.80. The number of esters is 1. The first kappa shape index (κ1) is 26.3. The molecule has 1 aromatic carbocycles. The highest BCUT2D eigenvalue weighted by molar-refractivity contribution is 7.58. The molecule has 0 fully saturated rings. The predicted octanol–water partition coefficient (Wildman–Crippen LogP) is 5.34. The number of rotatable bonds is 10. The average molecular weight is 476 g/mol. The van der Waals surface area contributed by atoms with Gasteiger partial charge in [0.05, 0.1) is 42.1 Å². The molecule has 0 spiro atoms. The molecule has 33 heavy (non-hydrogen) atoms. The maximum Gasteiger partial charge on any atom is 0.360 e. The van der Waals surface area contributed by atoms with Crippen molar-refractivity contribution >= 4 is 19.3 Å². The van der Waals surface area contributed by atoms with Crippen LogP contribution in [0, 0.1) is 10.1 Å². The Morgan fingerprint density at radius 3 is 2.21 bits per heavy atom. The zero-order valence-electron chi connectivity index (χ0n) is 19.5. The molecule has 2 rings (SSSR count). The van der Waals surface area contributed by atoms with Gasteiger partial charge in [0, 0.05) is 23.5 Å². The number of hydrogen-bond acceptors (Lipinski definition) is 8. The summed E-state index contributed by atoms with van der Waals surface area (Å²) in [6.07, 6.45) is 0. The van der Waals surface area contributed by atoms with E-state index in [0.29, 0.717) is 28.1 Å². The lowest BCUT2D eigenvalue weighted by molar-refractivity contribution is -0.384. The summed E-state index contributed by atoms with van der Waals surface area (Å²) in [4.78, 5) is 23.7. The first-order valence-corrected chi connectivity index (χ1v) is 11.6. The summed E-state index contributed by atoms with van der Waals surface area (Å²) >= 11 is 0. The minimum atomic E-state index is -4.05. The van der Waals surface area contributed by atoms with E-state index in [-0.39, 0.29) is 29.8 Å². The van der Waals surface area contributed by atoms with E-state index in [2.05, 4.69) is 18.5 Å². The van der Waals surface area contributed by atoms with Crippen molar-refractivity contribution in [3.8, 4) is 0 Å². The van der Waals surface area contributed by atoms with Gasteiger partial charge in [-0.3, -0.25) is 14.7 Å². The third kappa shape index (κ3) is 6.07. The first-order valence-electron chi connectivity index (χ1n) is 10.1. The molecule has 1 atom stereocenters. The topological polar surface area (TPSA) is 117 Å². The molecular weight excluding hydrogens is 447 g/mol. The molecule has 1 N–H and O–H groups in total. The van der Waals surface area contributed by atoms with E-state index >= 15 is 0 Å². The molecule has 1 unspecified atom stereocenters. The number of carbonyl (C=O) groups is 1. The van der Waals surface area contributed by atoms with Gasteiger partial charge in [0.1, 0.15) is 0 Å².